The fraction of sp³-hybridized carbons (Fsp3) is 0.667. The van der Waals surface area contributed by atoms with Crippen molar-refractivity contribution in [2.24, 2.45) is 0 Å². The SMILES string of the molecule is CCOC(=O)N1CCN(c2ccc(C3(C(=O)N(C)[C@H]4CC[C@H](O)CC4)CC3)c(F)c2)CC1. The van der Waals surface area contributed by atoms with Crippen molar-refractivity contribution in [2.45, 2.75) is 63.0 Å². The minimum Gasteiger partial charge on any atom is -0.450 e. The molecule has 32 heavy (non-hydrogen) atoms. The number of amides is 2. The van der Waals surface area contributed by atoms with Gasteiger partial charge in [-0.15, -0.1) is 0 Å². The normalized spacial score (nSPS) is 24.8. The number of carbonyl (C=O) groups is 2. The molecule has 1 aromatic carbocycles. The van der Waals surface area contributed by atoms with Gasteiger partial charge in [0.15, 0.2) is 0 Å². The van der Waals surface area contributed by atoms with Crippen molar-refractivity contribution in [3.8, 4) is 0 Å². The molecule has 0 unspecified atom stereocenters. The van der Waals surface area contributed by atoms with Gasteiger partial charge in [0, 0.05) is 50.5 Å². The Balaban J connectivity index is 1.42. The van der Waals surface area contributed by atoms with E-state index in [2.05, 4.69) is 4.90 Å². The van der Waals surface area contributed by atoms with Crippen LogP contribution in [-0.4, -0.2) is 78.9 Å². The summed E-state index contributed by atoms with van der Waals surface area (Å²) in [5, 5.41) is 9.75. The van der Waals surface area contributed by atoms with Gasteiger partial charge in [-0.25, -0.2) is 9.18 Å². The Morgan fingerprint density at radius 3 is 2.38 bits per heavy atom. The number of rotatable bonds is 5. The first kappa shape index (κ1) is 22.8. The summed E-state index contributed by atoms with van der Waals surface area (Å²) in [5.74, 6) is -0.345. The number of halogens is 1. The van der Waals surface area contributed by atoms with Crippen molar-refractivity contribution in [2.75, 3.05) is 44.7 Å². The minimum absolute atomic E-state index is 0.00593. The quantitative estimate of drug-likeness (QED) is 0.752. The topological polar surface area (TPSA) is 73.3 Å². The summed E-state index contributed by atoms with van der Waals surface area (Å²) in [6.07, 6.45) is 3.76. The molecule has 3 fully saturated rings. The molecule has 0 bridgehead atoms. The van der Waals surface area contributed by atoms with E-state index in [1.54, 1.807) is 22.8 Å². The predicted molar refractivity (Wildman–Crippen MR) is 119 cm³/mol. The Hall–Kier alpha value is -2.35. The fourth-order valence-corrected chi connectivity index (χ4v) is 5.12. The summed E-state index contributed by atoms with van der Waals surface area (Å²) >= 11 is 0. The number of hydrogen-bond donors (Lipinski definition) is 1. The third-order valence-corrected chi connectivity index (χ3v) is 7.33. The van der Waals surface area contributed by atoms with Crippen molar-refractivity contribution in [1.29, 1.82) is 0 Å². The number of aliphatic hydroxyl groups is 1. The highest BCUT2D eigenvalue weighted by atomic mass is 19.1. The van der Waals surface area contributed by atoms with E-state index in [0.717, 1.165) is 18.5 Å². The van der Waals surface area contributed by atoms with Gasteiger partial charge in [0.05, 0.1) is 18.1 Å². The number of piperazine rings is 1. The van der Waals surface area contributed by atoms with Crippen LogP contribution < -0.4 is 4.90 Å². The second-order valence-electron chi connectivity index (χ2n) is 9.30. The van der Waals surface area contributed by atoms with Crippen molar-refractivity contribution in [1.82, 2.24) is 9.80 Å². The maximum Gasteiger partial charge on any atom is 0.409 e. The van der Waals surface area contributed by atoms with Gasteiger partial charge in [-0.05, 0) is 57.6 Å². The van der Waals surface area contributed by atoms with Gasteiger partial charge in [0.2, 0.25) is 5.91 Å². The summed E-state index contributed by atoms with van der Waals surface area (Å²) in [7, 11) is 1.82. The second kappa shape index (κ2) is 9.25. The molecule has 0 spiro atoms. The Labute approximate surface area is 189 Å². The maximum absolute atomic E-state index is 15.2. The lowest BCUT2D eigenvalue weighted by molar-refractivity contribution is -0.135. The van der Waals surface area contributed by atoms with E-state index in [4.69, 9.17) is 4.74 Å². The Kier molecular flexibility index (Phi) is 6.60. The van der Waals surface area contributed by atoms with Gasteiger partial charge in [0.25, 0.3) is 0 Å². The monoisotopic (exact) mass is 447 g/mol. The maximum atomic E-state index is 15.2. The van der Waals surface area contributed by atoms with Gasteiger partial charge in [-0.3, -0.25) is 4.79 Å². The average Bonchev–Trinajstić information content (AvgIpc) is 3.60. The molecule has 3 aliphatic rings. The Morgan fingerprint density at radius 1 is 1.16 bits per heavy atom. The summed E-state index contributed by atoms with van der Waals surface area (Å²) in [6.45, 7) is 4.42. The van der Waals surface area contributed by atoms with E-state index in [-0.39, 0.29) is 30.0 Å². The second-order valence-corrected chi connectivity index (χ2v) is 9.30. The molecule has 8 heteroatoms. The van der Waals surface area contributed by atoms with Crippen LogP contribution in [0.3, 0.4) is 0 Å². The number of ether oxygens (including phenoxy) is 1. The van der Waals surface area contributed by atoms with Crippen molar-refractivity contribution in [3.63, 3.8) is 0 Å². The highest BCUT2D eigenvalue weighted by Crippen LogP contribution is 2.51. The van der Waals surface area contributed by atoms with Crippen molar-refractivity contribution in [3.05, 3.63) is 29.6 Å². The minimum atomic E-state index is -0.754. The number of hydrogen-bond acceptors (Lipinski definition) is 5. The highest BCUT2D eigenvalue weighted by Gasteiger charge is 2.54. The van der Waals surface area contributed by atoms with Crippen molar-refractivity contribution >= 4 is 17.7 Å². The molecular weight excluding hydrogens is 413 g/mol. The highest BCUT2D eigenvalue weighted by molar-refractivity contribution is 5.91. The molecule has 0 radical (unpaired) electrons. The smallest absolute Gasteiger partial charge is 0.409 e. The van der Waals surface area contributed by atoms with Crippen LogP contribution in [0.25, 0.3) is 0 Å². The van der Waals surface area contributed by atoms with Gasteiger partial charge in [-0.1, -0.05) is 6.07 Å². The van der Waals surface area contributed by atoms with Gasteiger partial charge in [-0.2, -0.15) is 0 Å². The van der Waals surface area contributed by atoms with Crippen LogP contribution in [0.5, 0.6) is 0 Å². The molecular formula is C24H34FN3O4. The third-order valence-electron chi connectivity index (χ3n) is 7.33. The predicted octanol–water partition coefficient (Wildman–Crippen LogP) is 2.90. The lowest BCUT2D eigenvalue weighted by Gasteiger charge is -2.36. The number of benzene rings is 1. The first-order valence-corrected chi connectivity index (χ1v) is 11.8. The van der Waals surface area contributed by atoms with Gasteiger partial charge >= 0.3 is 6.09 Å². The molecule has 176 valence electrons. The lowest BCUT2D eigenvalue weighted by atomic mass is 9.89. The van der Waals surface area contributed by atoms with Gasteiger partial charge < -0.3 is 24.5 Å². The Morgan fingerprint density at radius 2 is 1.81 bits per heavy atom. The number of anilines is 1. The molecule has 0 aromatic heterocycles. The molecule has 0 atom stereocenters. The fourth-order valence-electron chi connectivity index (χ4n) is 5.12. The Bertz CT molecular complexity index is 844. The van der Waals surface area contributed by atoms with Crippen LogP contribution in [0.1, 0.15) is 51.0 Å². The van der Waals surface area contributed by atoms with Crippen LogP contribution in [0.2, 0.25) is 0 Å². The molecule has 1 aliphatic heterocycles. The van der Waals surface area contributed by atoms with Crippen LogP contribution >= 0.6 is 0 Å². The number of likely N-dealkylation sites (N-methyl/N-ethyl adjacent to an activating group) is 1. The first-order chi connectivity index (χ1) is 15.4. The zero-order valence-corrected chi connectivity index (χ0v) is 19.1. The van der Waals surface area contributed by atoms with Crippen molar-refractivity contribution < 1.29 is 23.8 Å². The lowest BCUT2D eigenvalue weighted by Crippen LogP contribution is -2.49. The molecule has 1 heterocycles. The summed E-state index contributed by atoms with van der Waals surface area (Å²) in [6, 6.07) is 5.30. The number of aliphatic hydroxyl groups excluding tert-OH is 1. The number of carbonyl (C=O) groups excluding carboxylic acids is 2. The summed E-state index contributed by atoms with van der Waals surface area (Å²) < 4.78 is 20.3. The van der Waals surface area contributed by atoms with Crippen LogP contribution in [0, 0.1) is 5.82 Å². The van der Waals surface area contributed by atoms with E-state index in [9.17, 15) is 14.7 Å². The van der Waals surface area contributed by atoms with E-state index >= 15 is 4.39 Å². The molecule has 2 saturated carbocycles. The number of nitrogens with zero attached hydrogens (tertiary/aromatic N) is 3. The van der Waals surface area contributed by atoms with Crippen LogP contribution in [0.4, 0.5) is 14.9 Å². The first-order valence-electron chi connectivity index (χ1n) is 11.8. The molecule has 7 nitrogen and oxygen atoms in total. The van der Waals surface area contributed by atoms with Crippen LogP contribution in [-0.2, 0) is 14.9 Å². The summed E-state index contributed by atoms with van der Waals surface area (Å²) in [5.41, 5.74) is 0.502. The van der Waals surface area contributed by atoms with E-state index in [1.807, 2.05) is 13.1 Å². The average molecular weight is 448 g/mol. The van der Waals surface area contributed by atoms with E-state index < -0.39 is 5.41 Å². The van der Waals surface area contributed by atoms with E-state index in [0.29, 0.717) is 64.0 Å². The molecule has 1 N–H and O–H groups in total. The van der Waals surface area contributed by atoms with Crippen LogP contribution in [0.15, 0.2) is 18.2 Å². The zero-order valence-electron chi connectivity index (χ0n) is 19.1. The van der Waals surface area contributed by atoms with Gasteiger partial charge in [0.1, 0.15) is 5.82 Å². The zero-order chi connectivity index (χ0) is 22.9. The molecule has 2 amide bonds. The molecule has 2 aliphatic carbocycles. The van der Waals surface area contributed by atoms with E-state index in [1.165, 1.54) is 6.07 Å². The standard InChI is InChI=1S/C24H34FN3O4/c1-3-32-23(31)28-14-12-27(13-15-28)18-6-9-20(21(25)16-18)24(10-11-24)22(30)26(2)17-4-7-19(29)8-5-17/h6,9,16-17,19,29H,3-5,7-8,10-15H2,1-2H3/t17-,19-. The molecule has 4 rings (SSSR count). The molecule has 1 aromatic rings. The molecule has 1 saturated heterocycles. The largest absolute Gasteiger partial charge is 0.450 e. The third kappa shape index (κ3) is 4.42. The summed E-state index contributed by atoms with van der Waals surface area (Å²) in [4.78, 5) is 30.7.